The molecule has 21 heavy (non-hydrogen) atoms. The Balaban J connectivity index is 1.70. The van der Waals surface area contributed by atoms with Crippen LogP contribution in [0.4, 0.5) is 0 Å². The second-order valence-electron chi connectivity index (χ2n) is 5.81. The molecule has 1 saturated carbocycles. The number of rotatable bonds is 3. The van der Waals surface area contributed by atoms with E-state index in [-0.39, 0.29) is 4.90 Å². The summed E-state index contributed by atoms with van der Waals surface area (Å²) in [4.78, 5) is 2.67. The van der Waals surface area contributed by atoms with Crippen LogP contribution in [-0.2, 0) is 10.0 Å². The third-order valence-electron chi connectivity index (χ3n) is 4.57. The Bertz CT molecular complexity index is 591. The van der Waals surface area contributed by atoms with E-state index in [0.717, 1.165) is 13.1 Å². The molecule has 0 radical (unpaired) electrons. The normalized spacial score (nSPS) is 22.7. The summed E-state index contributed by atoms with van der Waals surface area (Å²) in [7, 11) is -3.46. The lowest BCUT2D eigenvalue weighted by Crippen LogP contribution is -2.51. The predicted molar refractivity (Wildman–Crippen MR) is 84.0 cm³/mol. The molecule has 1 aromatic rings. The second-order valence-corrected chi connectivity index (χ2v) is 8.12. The average molecular weight is 329 g/mol. The molecule has 2 fully saturated rings. The van der Waals surface area contributed by atoms with Crippen LogP contribution >= 0.6 is 11.6 Å². The minimum atomic E-state index is -3.46. The number of sulfonamides is 1. The molecule has 0 amide bonds. The zero-order chi connectivity index (χ0) is 14.9. The van der Waals surface area contributed by atoms with Crippen LogP contribution in [0, 0.1) is 0 Å². The molecule has 0 unspecified atom stereocenters. The summed E-state index contributed by atoms with van der Waals surface area (Å²) in [5.41, 5.74) is 0. The van der Waals surface area contributed by atoms with Gasteiger partial charge in [0.05, 0.1) is 5.02 Å². The van der Waals surface area contributed by atoms with Gasteiger partial charge in [-0.1, -0.05) is 36.6 Å². The molecule has 3 rings (SSSR count). The lowest BCUT2D eigenvalue weighted by molar-refractivity contribution is 0.139. The van der Waals surface area contributed by atoms with Crippen molar-refractivity contribution in [2.45, 2.75) is 36.6 Å². The largest absolute Gasteiger partial charge is 0.298 e. The Kier molecular flexibility index (Phi) is 4.54. The van der Waals surface area contributed by atoms with Gasteiger partial charge < -0.3 is 0 Å². The third kappa shape index (κ3) is 3.11. The van der Waals surface area contributed by atoms with Crippen molar-refractivity contribution in [1.82, 2.24) is 9.21 Å². The van der Waals surface area contributed by atoms with E-state index >= 15 is 0 Å². The highest BCUT2D eigenvalue weighted by Gasteiger charge is 2.32. The summed E-state index contributed by atoms with van der Waals surface area (Å²) in [6.45, 7) is 2.77. The molecular formula is C15H21ClN2O2S. The first-order valence-corrected chi connectivity index (χ1v) is 9.39. The van der Waals surface area contributed by atoms with Crippen molar-refractivity contribution >= 4 is 21.6 Å². The van der Waals surface area contributed by atoms with E-state index in [1.165, 1.54) is 25.7 Å². The van der Waals surface area contributed by atoms with Gasteiger partial charge in [0.25, 0.3) is 0 Å². The summed E-state index contributed by atoms with van der Waals surface area (Å²) in [5, 5.41) is 0.302. The fraction of sp³-hybridized carbons (Fsp3) is 0.600. The number of piperazine rings is 1. The van der Waals surface area contributed by atoms with Gasteiger partial charge in [-0.3, -0.25) is 4.90 Å². The van der Waals surface area contributed by atoms with Crippen molar-refractivity contribution in [1.29, 1.82) is 0 Å². The Morgan fingerprint density at radius 1 is 1.00 bits per heavy atom. The van der Waals surface area contributed by atoms with Crippen LogP contribution in [0.25, 0.3) is 0 Å². The van der Waals surface area contributed by atoms with Crippen LogP contribution < -0.4 is 0 Å². The fourth-order valence-corrected chi connectivity index (χ4v) is 5.29. The summed E-state index contributed by atoms with van der Waals surface area (Å²) < 4.78 is 26.9. The maximum atomic E-state index is 12.7. The molecule has 0 N–H and O–H groups in total. The smallest absolute Gasteiger partial charge is 0.244 e. The molecule has 0 atom stereocenters. The molecule has 1 saturated heterocycles. The molecule has 1 heterocycles. The monoisotopic (exact) mass is 328 g/mol. The third-order valence-corrected chi connectivity index (χ3v) is 6.97. The van der Waals surface area contributed by atoms with Gasteiger partial charge in [-0.2, -0.15) is 4.31 Å². The van der Waals surface area contributed by atoms with E-state index in [1.807, 2.05) is 0 Å². The summed E-state index contributed by atoms with van der Waals surface area (Å²) in [6.07, 6.45) is 5.14. The molecular weight excluding hydrogens is 308 g/mol. The zero-order valence-electron chi connectivity index (χ0n) is 12.0. The topological polar surface area (TPSA) is 40.6 Å². The molecule has 4 nitrogen and oxygen atoms in total. The summed E-state index contributed by atoms with van der Waals surface area (Å²) in [6, 6.07) is 7.34. The number of hydrogen-bond acceptors (Lipinski definition) is 3. The van der Waals surface area contributed by atoms with Gasteiger partial charge in [-0.25, -0.2) is 8.42 Å². The lowest BCUT2D eigenvalue weighted by Gasteiger charge is -2.37. The van der Waals surface area contributed by atoms with Crippen LogP contribution in [0.5, 0.6) is 0 Å². The molecule has 1 aliphatic carbocycles. The maximum Gasteiger partial charge on any atom is 0.244 e. The van der Waals surface area contributed by atoms with Crippen LogP contribution in [0.2, 0.25) is 5.02 Å². The first kappa shape index (κ1) is 15.3. The lowest BCUT2D eigenvalue weighted by atomic mass is 10.2. The van der Waals surface area contributed by atoms with E-state index in [0.29, 0.717) is 24.2 Å². The second kappa shape index (κ2) is 6.24. The van der Waals surface area contributed by atoms with Gasteiger partial charge >= 0.3 is 0 Å². The number of hydrogen-bond donors (Lipinski definition) is 0. The van der Waals surface area contributed by atoms with Gasteiger partial charge in [-0.05, 0) is 25.0 Å². The maximum absolute atomic E-state index is 12.7. The standard InChI is InChI=1S/C15H21ClN2O2S/c16-14-7-3-4-8-15(14)21(19,20)18-11-9-17(10-12-18)13-5-1-2-6-13/h3-4,7-8,13H,1-2,5-6,9-12H2. The SMILES string of the molecule is O=S(=O)(c1ccccc1Cl)N1CCN(C2CCCC2)CC1. The molecule has 0 spiro atoms. The van der Waals surface area contributed by atoms with Crippen LogP contribution in [0.15, 0.2) is 29.2 Å². The molecule has 2 aliphatic rings. The average Bonchev–Trinajstić information content (AvgIpc) is 3.02. The van der Waals surface area contributed by atoms with Crippen molar-refractivity contribution in [3.05, 3.63) is 29.3 Å². The Morgan fingerprint density at radius 2 is 1.62 bits per heavy atom. The van der Waals surface area contributed by atoms with Crippen LogP contribution in [0.3, 0.4) is 0 Å². The van der Waals surface area contributed by atoms with E-state index in [9.17, 15) is 8.42 Å². The first-order chi connectivity index (χ1) is 10.1. The Hall–Kier alpha value is -0.620. The molecule has 6 heteroatoms. The molecule has 1 aromatic carbocycles. The van der Waals surface area contributed by atoms with E-state index in [1.54, 1.807) is 28.6 Å². The van der Waals surface area contributed by atoms with Crippen molar-refractivity contribution in [3.63, 3.8) is 0 Å². The van der Waals surface area contributed by atoms with Gasteiger partial charge in [0.1, 0.15) is 4.90 Å². The van der Waals surface area contributed by atoms with Crippen LogP contribution in [-0.4, -0.2) is 49.8 Å². The zero-order valence-corrected chi connectivity index (χ0v) is 13.6. The van der Waals surface area contributed by atoms with Gasteiger partial charge in [0, 0.05) is 32.2 Å². The van der Waals surface area contributed by atoms with Gasteiger partial charge in [-0.15, -0.1) is 0 Å². The van der Waals surface area contributed by atoms with Crippen molar-refractivity contribution < 1.29 is 8.42 Å². The van der Waals surface area contributed by atoms with E-state index in [2.05, 4.69) is 4.90 Å². The highest BCUT2D eigenvalue weighted by Crippen LogP contribution is 2.27. The molecule has 116 valence electrons. The fourth-order valence-electron chi connectivity index (χ4n) is 3.37. The minimum absolute atomic E-state index is 0.223. The van der Waals surface area contributed by atoms with Crippen molar-refractivity contribution in [2.75, 3.05) is 26.2 Å². The van der Waals surface area contributed by atoms with Crippen molar-refractivity contribution in [3.8, 4) is 0 Å². The molecule has 0 aromatic heterocycles. The molecule has 1 aliphatic heterocycles. The van der Waals surface area contributed by atoms with Gasteiger partial charge in [0.15, 0.2) is 0 Å². The molecule has 0 bridgehead atoms. The Labute approximate surface area is 131 Å². The quantitative estimate of drug-likeness (QED) is 0.856. The number of benzene rings is 1. The summed E-state index contributed by atoms with van der Waals surface area (Å²) in [5.74, 6) is 0. The highest BCUT2D eigenvalue weighted by atomic mass is 35.5. The first-order valence-electron chi connectivity index (χ1n) is 7.58. The van der Waals surface area contributed by atoms with Gasteiger partial charge in [0.2, 0.25) is 10.0 Å². The number of nitrogens with zero attached hydrogens (tertiary/aromatic N) is 2. The summed E-state index contributed by atoms with van der Waals surface area (Å²) >= 11 is 6.04. The minimum Gasteiger partial charge on any atom is -0.298 e. The highest BCUT2D eigenvalue weighted by molar-refractivity contribution is 7.89. The Morgan fingerprint density at radius 3 is 2.24 bits per heavy atom. The predicted octanol–water partition coefficient (Wildman–Crippen LogP) is 2.59. The number of halogens is 1. The van der Waals surface area contributed by atoms with E-state index < -0.39 is 10.0 Å². The van der Waals surface area contributed by atoms with Crippen molar-refractivity contribution in [2.24, 2.45) is 0 Å². The van der Waals surface area contributed by atoms with E-state index in [4.69, 9.17) is 11.6 Å². The van der Waals surface area contributed by atoms with Crippen LogP contribution in [0.1, 0.15) is 25.7 Å².